The van der Waals surface area contributed by atoms with E-state index >= 15 is 0 Å². The van der Waals surface area contributed by atoms with Gasteiger partial charge in [-0.2, -0.15) is 0 Å². The fourth-order valence-corrected chi connectivity index (χ4v) is 2.06. The van der Waals surface area contributed by atoms with Gasteiger partial charge in [0.25, 0.3) is 0 Å². The maximum atomic E-state index is 11.9. The molecule has 0 saturated carbocycles. The largest absolute Gasteiger partial charge is 0.493 e. The highest BCUT2D eigenvalue weighted by Crippen LogP contribution is 2.28. The number of aromatic hydroxyl groups is 1. The molecular formula is C14H10N2O3. The monoisotopic (exact) mass is 254 g/mol. The van der Waals surface area contributed by atoms with Crippen LogP contribution in [0.3, 0.4) is 0 Å². The molecule has 2 aromatic rings. The predicted octanol–water partition coefficient (Wildman–Crippen LogP) is 1.55. The third-order valence-electron chi connectivity index (χ3n) is 2.95. The lowest BCUT2D eigenvalue weighted by atomic mass is 9.91. The van der Waals surface area contributed by atoms with Crippen molar-refractivity contribution < 1.29 is 9.90 Å². The Hall–Kier alpha value is -2.82. The maximum absolute atomic E-state index is 11.9. The van der Waals surface area contributed by atoms with Gasteiger partial charge in [0, 0.05) is 5.57 Å². The number of fused-ring (bicyclic) bond motifs is 1. The Morgan fingerprint density at radius 1 is 1.05 bits per heavy atom. The summed E-state index contributed by atoms with van der Waals surface area (Å²) >= 11 is 0. The zero-order valence-electron chi connectivity index (χ0n) is 9.81. The summed E-state index contributed by atoms with van der Waals surface area (Å²) in [5, 5.41) is 9.54. The van der Waals surface area contributed by atoms with E-state index in [1.807, 2.05) is 24.3 Å². The number of benzene rings is 1. The second-order valence-corrected chi connectivity index (χ2v) is 4.18. The molecule has 0 bridgehead atoms. The highest BCUT2D eigenvalue weighted by atomic mass is 16.3. The fourth-order valence-electron chi connectivity index (χ4n) is 2.06. The third kappa shape index (κ3) is 1.91. The summed E-state index contributed by atoms with van der Waals surface area (Å²) in [6.45, 7) is 0. The van der Waals surface area contributed by atoms with Crippen LogP contribution >= 0.6 is 0 Å². The molecule has 5 heteroatoms. The molecule has 0 fully saturated rings. The Morgan fingerprint density at radius 3 is 2.58 bits per heavy atom. The first-order chi connectivity index (χ1) is 9.15. The Labute approximate surface area is 107 Å². The van der Waals surface area contributed by atoms with Crippen molar-refractivity contribution in [2.24, 2.45) is 0 Å². The first-order valence-corrected chi connectivity index (χ1v) is 5.70. The van der Waals surface area contributed by atoms with Crippen molar-refractivity contribution in [2.45, 2.75) is 0 Å². The number of ketones is 1. The topological polar surface area (TPSA) is 86.0 Å². The van der Waals surface area contributed by atoms with E-state index in [4.69, 9.17) is 0 Å². The molecule has 1 aliphatic rings. The minimum atomic E-state index is -0.517. The van der Waals surface area contributed by atoms with Crippen LogP contribution in [0.15, 0.2) is 35.1 Å². The molecule has 1 heterocycles. The smallest absolute Gasteiger partial charge is 0.326 e. The zero-order chi connectivity index (χ0) is 13.4. The fraction of sp³-hybridized carbons (Fsp3) is 0. The normalized spacial score (nSPS) is 15.8. The van der Waals surface area contributed by atoms with Gasteiger partial charge in [-0.15, -0.1) is 0 Å². The molecule has 0 saturated heterocycles. The lowest BCUT2D eigenvalue weighted by Crippen LogP contribution is -2.05. The van der Waals surface area contributed by atoms with Gasteiger partial charge in [-0.05, 0) is 23.3 Å². The van der Waals surface area contributed by atoms with Gasteiger partial charge in [0.1, 0.15) is 5.69 Å². The summed E-state index contributed by atoms with van der Waals surface area (Å²) < 4.78 is 0. The number of imidazole rings is 1. The molecule has 1 aromatic carbocycles. The number of carbonyl (C=O) groups excluding carboxylic acids is 1. The first-order valence-electron chi connectivity index (χ1n) is 5.70. The van der Waals surface area contributed by atoms with Gasteiger partial charge in [0.05, 0.1) is 0 Å². The molecule has 0 spiro atoms. The number of allylic oxidation sites excluding steroid dienone is 2. The summed E-state index contributed by atoms with van der Waals surface area (Å²) in [4.78, 5) is 27.7. The quantitative estimate of drug-likeness (QED) is 0.675. The van der Waals surface area contributed by atoms with Crippen LogP contribution in [0.1, 0.15) is 16.8 Å². The lowest BCUT2D eigenvalue weighted by molar-refractivity contribution is -0.109. The number of rotatable bonds is 1. The van der Waals surface area contributed by atoms with E-state index in [-0.39, 0.29) is 17.4 Å². The van der Waals surface area contributed by atoms with Crippen molar-refractivity contribution >= 4 is 23.5 Å². The van der Waals surface area contributed by atoms with Crippen molar-refractivity contribution in [3.63, 3.8) is 0 Å². The average Bonchev–Trinajstić information content (AvgIpc) is 2.71. The van der Waals surface area contributed by atoms with E-state index in [1.54, 1.807) is 6.08 Å². The Bertz CT molecular complexity index is 778. The van der Waals surface area contributed by atoms with Crippen LogP contribution in [0.4, 0.5) is 0 Å². The highest BCUT2D eigenvalue weighted by molar-refractivity contribution is 6.33. The second kappa shape index (κ2) is 4.13. The highest BCUT2D eigenvalue weighted by Gasteiger charge is 2.17. The molecule has 1 aliphatic carbocycles. The standard InChI is InChI=1S/C14H10N2O3/c17-12-6-5-8-3-1-2-4-9(8)10(12)7-11-13(18)16-14(19)15-11/h1-7,18H,(H2,15,16,19). The molecule has 0 atom stereocenters. The van der Waals surface area contributed by atoms with Gasteiger partial charge < -0.3 is 10.1 Å². The molecule has 0 amide bonds. The SMILES string of the molecule is O=C1C=Cc2ccccc2C1=Cc1[nH]c(=O)[nH]c1O. The average molecular weight is 254 g/mol. The number of aromatic nitrogens is 2. The van der Waals surface area contributed by atoms with Crippen LogP contribution in [0, 0.1) is 0 Å². The van der Waals surface area contributed by atoms with Gasteiger partial charge in [0.15, 0.2) is 5.78 Å². The van der Waals surface area contributed by atoms with Crippen molar-refractivity contribution in [2.75, 3.05) is 0 Å². The summed E-state index contributed by atoms with van der Waals surface area (Å²) in [6, 6.07) is 7.43. The van der Waals surface area contributed by atoms with E-state index in [0.29, 0.717) is 5.57 Å². The Kier molecular flexibility index (Phi) is 2.45. The van der Waals surface area contributed by atoms with Gasteiger partial charge in [-0.3, -0.25) is 9.78 Å². The van der Waals surface area contributed by atoms with Crippen LogP contribution in [0.2, 0.25) is 0 Å². The van der Waals surface area contributed by atoms with Crippen LogP contribution in [0.5, 0.6) is 5.88 Å². The molecule has 0 unspecified atom stereocenters. The van der Waals surface area contributed by atoms with Gasteiger partial charge in [0.2, 0.25) is 5.88 Å². The number of H-pyrrole nitrogens is 2. The number of hydrogen-bond acceptors (Lipinski definition) is 3. The van der Waals surface area contributed by atoms with E-state index in [2.05, 4.69) is 9.97 Å². The number of aromatic amines is 2. The van der Waals surface area contributed by atoms with Gasteiger partial charge in [-0.1, -0.05) is 30.3 Å². The minimum absolute atomic E-state index is 0.167. The number of carbonyl (C=O) groups is 1. The molecule has 3 N–H and O–H groups in total. The van der Waals surface area contributed by atoms with Crippen molar-refractivity contribution in [1.29, 1.82) is 0 Å². The summed E-state index contributed by atoms with van der Waals surface area (Å²) in [5.74, 6) is -0.447. The first kappa shape index (κ1) is 11.3. The number of hydrogen-bond donors (Lipinski definition) is 3. The van der Waals surface area contributed by atoms with Gasteiger partial charge >= 0.3 is 5.69 Å². The second-order valence-electron chi connectivity index (χ2n) is 4.18. The molecule has 0 aliphatic heterocycles. The summed E-state index contributed by atoms with van der Waals surface area (Å²) in [7, 11) is 0. The summed E-state index contributed by atoms with van der Waals surface area (Å²) in [5.41, 5.74) is 1.81. The Balaban J connectivity index is 2.19. The van der Waals surface area contributed by atoms with Crippen molar-refractivity contribution in [3.05, 3.63) is 57.6 Å². The molecular weight excluding hydrogens is 244 g/mol. The van der Waals surface area contributed by atoms with Gasteiger partial charge in [-0.25, -0.2) is 4.79 Å². The Morgan fingerprint density at radius 2 is 1.84 bits per heavy atom. The molecule has 5 nitrogen and oxygen atoms in total. The predicted molar refractivity (Wildman–Crippen MR) is 71.4 cm³/mol. The van der Waals surface area contributed by atoms with E-state index < -0.39 is 5.69 Å². The maximum Gasteiger partial charge on any atom is 0.326 e. The molecule has 3 rings (SSSR count). The molecule has 0 radical (unpaired) electrons. The summed E-state index contributed by atoms with van der Waals surface area (Å²) in [6.07, 6.45) is 4.68. The third-order valence-corrected chi connectivity index (χ3v) is 2.95. The van der Waals surface area contributed by atoms with E-state index in [1.165, 1.54) is 12.2 Å². The van der Waals surface area contributed by atoms with E-state index in [9.17, 15) is 14.7 Å². The lowest BCUT2D eigenvalue weighted by Gasteiger charge is -2.12. The molecule has 19 heavy (non-hydrogen) atoms. The molecule has 94 valence electrons. The minimum Gasteiger partial charge on any atom is -0.493 e. The number of nitrogens with one attached hydrogen (secondary N) is 2. The van der Waals surface area contributed by atoms with Crippen LogP contribution < -0.4 is 5.69 Å². The van der Waals surface area contributed by atoms with Crippen LogP contribution in [-0.2, 0) is 4.79 Å². The van der Waals surface area contributed by atoms with Crippen LogP contribution in [-0.4, -0.2) is 20.9 Å². The van der Waals surface area contributed by atoms with Crippen molar-refractivity contribution in [1.82, 2.24) is 9.97 Å². The zero-order valence-corrected chi connectivity index (χ0v) is 9.81. The molecule has 1 aromatic heterocycles. The van der Waals surface area contributed by atoms with E-state index in [0.717, 1.165) is 11.1 Å². The van der Waals surface area contributed by atoms with Crippen LogP contribution in [0.25, 0.3) is 17.7 Å². The van der Waals surface area contributed by atoms with Crippen molar-refractivity contribution in [3.8, 4) is 5.88 Å².